The highest BCUT2D eigenvalue weighted by atomic mass is 79.9. The summed E-state index contributed by atoms with van der Waals surface area (Å²) in [6, 6.07) is 12.9. The number of fused-ring (bicyclic) bond motifs is 1. The number of aryl methyl sites for hydroxylation is 1. The summed E-state index contributed by atoms with van der Waals surface area (Å²) in [5, 5.41) is 4.01. The minimum atomic E-state index is -0.148. The zero-order valence-corrected chi connectivity index (χ0v) is 19.4. The molecule has 8 heteroatoms. The molecule has 0 bridgehead atoms. The molecule has 1 heterocycles. The minimum absolute atomic E-state index is 0.0939. The first-order valence-corrected chi connectivity index (χ1v) is 11.5. The number of hydrogen-bond acceptors (Lipinski definition) is 5. The number of ether oxygens (including phenoxy) is 1. The molecule has 2 aromatic carbocycles. The number of benzene rings is 2. The second-order valence-corrected chi connectivity index (χ2v) is 8.52. The molecule has 0 atom stereocenters. The summed E-state index contributed by atoms with van der Waals surface area (Å²) in [6.45, 7) is 5.61. The van der Waals surface area contributed by atoms with Gasteiger partial charge in [-0.15, -0.1) is 0 Å². The van der Waals surface area contributed by atoms with Crippen LogP contribution in [-0.2, 0) is 16.1 Å². The Bertz CT molecular complexity index is 1100. The number of carbonyl (C=O) groups excluding carboxylic acids is 1. The molecule has 3 rings (SSSR count). The first-order valence-electron chi connectivity index (χ1n) is 9.75. The van der Waals surface area contributed by atoms with Gasteiger partial charge >= 0.3 is 0 Å². The molecule has 0 saturated heterocycles. The van der Waals surface area contributed by atoms with Gasteiger partial charge in [0.25, 0.3) is 5.56 Å². The second-order valence-electron chi connectivity index (χ2n) is 6.72. The summed E-state index contributed by atoms with van der Waals surface area (Å²) in [6.07, 6.45) is 0.700. The lowest BCUT2D eigenvalue weighted by atomic mass is 10.2. The third-order valence-electron chi connectivity index (χ3n) is 4.48. The number of hydrogen-bond donors (Lipinski definition) is 1. The van der Waals surface area contributed by atoms with Crippen molar-refractivity contribution in [2.45, 2.75) is 32.0 Å². The summed E-state index contributed by atoms with van der Waals surface area (Å²) < 4.78 is 8.03. The van der Waals surface area contributed by atoms with Gasteiger partial charge in [-0.25, -0.2) is 4.98 Å². The van der Waals surface area contributed by atoms with E-state index in [-0.39, 0.29) is 17.2 Å². The Kier molecular flexibility index (Phi) is 8.07. The molecular formula is C22H24BrN3O3S. The van der Waals surface area contributed by atoms with Crippen molar-refractivity contribution in [3.63, 3.8) is 0 Å². The Morgan fingerprint density at radius 3 is 2.83 bits per heavy atom. The summed E-state index contributed by atoms with van der Waals surface area (Å²) in [5.74, 6) is 0.00994. The Morgan fingerprint density at radius 1 is 1.27 bits per heavy atom. The molecule has 30 heavy (non-hydrogen) atoms. The number of thioether (sulfide) groups is 1. The van der Waals surface area contributed by atoms with E-state index in [9.17, 15) is 9.59 Å². The maximum absolute atomic E-state index is 13.0. The predicted octanol–water partition coefficient (Wildman–Crippen LogP) is 4.62. The quantitative estimate of drug-likeness (QED) is 0.269. The van der Waals surface area contributed by atoms with E-state index in [1.165, 1.54) is 11.8 Å². The first-order chi connectivity index (χ1) is 14.5. The molecule has 1 N–H and O–H groups in total. The zero-order chi connectivity index (χ0) is 21.5. The minimum Gasteiger partial charge on any atom is -0.382 e. The smallest absolute Gasteiger partial charge is 0.262 e. The number of anilines is 1. The highest BCUT2D eigenvalue weighted by Gasteiger charge is 2.13. The summed E-state index contributed by atoms with van der Waals surface area (Å²) >= 11 is 4.72. The Morgan fingerprint density at radius 2 is 2.07 bits per heavy atom. The molecule has 6 nitrogen and oxygen atoms in total. The van der Waals surface area contributed by atoms with Crippen LogP contribution in [-0.4, -0.2) is 34.4 Å². The van der Waals surface area contributed by atoms with Crippen molar-refractivity contribution >= 4 is 50.2 Å². The molecule has 3 aromatic rings. The molecule has 0 aliphatic carbocycles. The molecular weight excluding hydrogens is 466 g/mol. The van der Waals surface area contributed by atoms with Gasteiger partial charge in [0.15, 0.2) is 5.16 Å². The van der Waals surface area contributed by atoms with Gasteiger partial charge < -0.3 is 10.1 Å². The van der Waals surface area contributed by atoms with E-state index in [0.717, 1.165) is 15.7 Å². The number of para-hydroxylation sites is 1. The SMILES string of the molecule is CCOCCCn1c(SCC(=O)Nc2ccc(Br)c(C)c2)nc2ccccc2c1=O. The van der Waals surface area contributed by atoms with E-state index in [4.69, 9.17) is 4.74 Å². The van der Waals surface area contributed by atoms with Gasteiger partial charge in [0.2, 0.25) is 5.91 Å². The van der Waals surface area contributed by atoms with Gasteiger partial charge in [-0.05, 0) is 56.2 Å². The van der Waals surface area contributed by atoms with Gasteiger partial charge in [-0.2, -0.15) is 0 Å². The van der Waals surface area contributed by atoms with Crippen LogP contribution < -0.4 is 10.9 Å². The third-order valence-corrected chi connectivity index (χ3v) is 6.34. The van der Waals surface area contributed by atoms with E-state index in [2.05, 4.69) is 26.2 Å². The summed E-state index contributed by atoms with van der Waals surface area (Å²) in [7, 11) is 0. The lowest BCUT2D eigenvalue weighted by Gasteiger charge is -2.13. The molecule has 0 saturated carbocycles. The standard InChI is InChI=1S/C22H24BrN3O3S/c1-3-29-12-6-11-26-21(28)17-7-4-5-8-19(17)25-22(26)30-14-20(27)24-16-9-10-18(23)15(2)13-16/h4-5,7-10,13H,3,6,11-12,14H2,1-2H3,(H,24,27). The van der Waals surface area contributed by atoms with Gasteiger partial charge in [-0.3, -0.25) is 14.2 Å². The number of aromatic nitrogens is 2. The fourth-order valence-electron chi connectivity index (χ4n) is 2.97. The monoisotopic (exact) mass is 489 g/mol. The van der Waals surface area contributed by atoms with E-state index in [1.54, 1.807) is 10.6 Å². The summed E-state index contributed by atoms with van der Waals surface area (Å²) in [5.41, 5.74) is 2.32. The Labute approximate surface area is 188 Å². The summed E-state index contributed by atoms with van der Waals surface area (Å²) in [4.78, 5) is 30.1. The van der Waals surface area contributed by atoms with Crippen molar-refractivity contribution in [3.8, 4) is 0 Å². The van der Waals surface area contributed by atoms with Crippen molar-refractivity contribution in [2.75, 3.05) is 24.3 Å². The van der Waals surface area contributed by atoms with Crippen LogP contribution in [0.2, 0.25) is 0 Å². The molecule has 0 fully saturated rings. The number of amides is 1. The van der Waals surface area contributed by atoms with Crippen molar-refractivity contribution in [1.82, 2.24) is 9.55 Å². The van der Waals surface area contributed by atoms with Crippen LogP contribution >= 0.6 is 27.7 Å². The number of nitrogens with zero attached hydrogens (tertiary/aromatic N) is 2. The Balaban J connectivity index is 1.76. The third kappa shape index (κ3) is 5.71. The number of halogens is 1. The molecule has 1 aromatic heterocycles. The van der Waals surface area contributed by atoms with E-state index in [0.29, 0.717) is 42.2 Å². The lowest BCUT2D eigenvalue weighted by molar-refractivity contribution is -0.113. The molecule has 0 unspecified atom stereocenters. The van der Waals surface area contributed by atoms with Crippen LogP contribution in [0.1, 0.15) is 18.9 Å². The topological polar surface area (TPSA) is 73.2 Å². The van der Waals surface area contributed by atoms with Crippen LogP contribution in [0.25, 0.3) is 10.9 Å². The number of nitrogens with one attached hydrogen (secondary N) is 1. The fraction of sp³-hybridized carbons (Fsp3) is 0.318. The maximum Gasteiger partial charge on any atom is 0.262 e. The maximum atomic E-state index is 13.0. The van der Waals surface area contributed by atoms with Crippen LogP contribution in [0.3, 0.4) is 0 Å². The Hall–Kier alpha value is -2.16. The van der Waals surface area contributed by atoms with Gasteiger partial charge in [-0.1, -0.05) is 39.8 Å². The van der Waals surface area contributed by atoms with Crippen molar-refractivity contribution < 1.29 is 9.53 Å². The van der Waals surface area contributed by atoms with Crippen LogP contribution in [0.4, 0.5) is 5.69 Å². The largest absolute Gasteiger partial charge is 0.382 e. The number of rotatable bonds is 9. The molecule has 1 amide bonds. The van der Waals surface area contributed by atoms with E-state index < -0.39 is 0 Å². The molecule has 0 aliphatic heterocycles. The first kappa shape index (κ1) is 22.5. The van der Waals surface area contributed by atoms with Gasteiger partial charge in [0.1, 0.15) is 0 Å². The highest BCUT2D eigenvalue weighted by Crippen LogP contribution is 2.21. The van der Waals surface area contributed by atoms with Crippen molar-refractivity contribution in [1.29, 1.82) is 0 Å². The molecule has 0 radical (unpaired) electrons. The average molecular weight is 490 g/mol. The zero-order valence-electron chi connectivity index (χ0n) is 17.0. The van der Waals surface area contributed by atoms with Crippen molar-refractivity contribution in [3.05, 3.63) is 62.9 Å². The highest BCUT2D eigenvalue weighted by molar-refractivity contribution is 9.10. The van der Waals surface area contributed by atoms with Crippen molar-refractivity contribution in [2.24, 2.45) is 0 Å². The average Bonchev–Trinajstić information content (AvgIpc) is 2.74. The molecule has 0 spiro atoms. The van der Waals surface area contributed by atoms with E-state index >= 15 is 0 Å². The lowest BCUT2D eigenvalue weighted by Crippen LogP contribution is -2.25. The van der Waals surface area contributed by atoms with Gasteiger partial charge in [0, 0.05) is 29.9 Å². The van der Waals surface area contributed by atoms with E-state index in [1.807, 2.05) is 50.2 Å². The van der Waals surface area contributed by atoms with Crippen LogP contribution in [0, 0.1) is 6.92 Å². The predicted molar refractivity (Wildman–Crippen MR) is 125 cm³/mol. The fourth-order valence-corrected chi connectivity index (χ4v) is 4.05. The number of carbonyl (C=O) groups is 1. The van der Waals surface area contributed by atoms with Crippen LogP contribution in [0.15, 0.2) is 56.9 Å². The normalized spacial score (nSPS) is 11.0. The molecule has 0 aliphatic rings. The second kappa shape index (κ2) is 10.7. The van der Waals surface area contributed by atoms with Gasteiger partial charge in [0.05, 0.1) is 16.7 Å². The van der Waals surface area contributed by atoms with Crippen LogP contribution in [0.5, 0.6) is 0 Å². The molecule has 158 valence electrons.